The molecule has 106 valence electrons. The van der Waals surface area contributed by atoms with Gasteiger partial charge in [-0.05, 0) is 38.3 Å². The van der Waals surface area contributed by atoms with E-state index in [0.717, 1.165) is 45.4 Å². The minimum Gasteiger partial charge on any atom is -0.353 e. The van der Waals surface area contributed by atoms with E-state index < -0.39 is 0 Å². The van der Waals surface area contributed by atoms with E-state index in [1.165, 1.54) is 0 Å². The molecule has 0 saturated carbocycles. The van der Waals surface area contributed by atoms with Crippen molar-refractivity contribution in [2.45, 2.75) is 38.1 Å². The number of carbonyl (C=O) groups excluding carboxylic acids is 2. The summed E-state index contributed by atoms with van der Waals surface area (Å²) >= 11 is 0. The summed E-state index contributed by atoms with van der Waals surface area (Å²) in [6, 6.07) is 0.315. The Morgan fingerprint density at radius 3 is 2.84 bits per heavy atom. The highest BCUT2D eigenvalue weighted by Gasteiger charge is 2.38. The monoisotopic (exact) mass is 265 g/mol. The zero-order chi connectivity index (χ0) is 13.2. The van der Waals surface area contributed by atoms with E-state index in [4.69, 9.17) is 0 Å². The van der Waals surface area contributed by atoms with Gasteiger partial charge in [0.1, 0.15) is 0 Å². The lowest BCUT2D eigenvalue weighted by molar-refractivity contribution is -0.134. The van der Waals surface area contributed by atoms with Crippen molar-refractivity contribution in [3.05, 3.63) is 0 Å². The number of nitrogens with one attached hydrogen (secondary N) is 2. The zero-order valence-electron chi connectivity index (χ0n) is 11.4. The summed E-state index contributed by atoms with van der Waals surface area (Å²) in [5, 5.41) is 6.34. The van der Waals surface area contributed by atoms with Crippen LogP contribution >= 0.6 is 0 Å². The molecule has 19 heavy (non-hydrogen) atoms. The van der Waals surface area contributed by atoms with E-state index in [1.807, 2.05) is 4.90 Å². The molecule has 3 saturated heterocycles. The number of hydrogen-bond acceptors (Lipinski definition) is 3. The molecule has 3 fully saturated rings. The van der Waals surface area contributed by atoms with E-state index >= 15 is 0 Å². The molecular weight excluding hydrogens is 242 g/mol. The van der Waals surface area contributed by atoms with Crippen LogP contribution < -0.4 is 10.6 Å². The molecule has 3 aliphatic heterocycles. The van der Waals surface area contributed by atoms with Crippen molar-refractivity contribution in [3.8, 4) is 0 Å². The van der Waals surface area contributed by atoms with Gasteiger partial charge in [-0.2, -0.15) is 0 Å². The maximum Gasteiger partial charge on any atom is 0.222 e. The number of fused-ring (bicyclic) bond motifs is 1. The van der Waals surface area contributed by atoms with Crippen molar-refractivity contribution in [2.75, 3.05) is 26.2 Å². The first-order chi connectivity index (χ1) is 9.22. The third kappa shape index (κ3) is 2.91. The molecule has 0 aromatic carbocycles. The second-order valence-electron chi connectivity index (χ2n) is 6.16. The molecule has 0 spiro atoms. The fourth-order valence-corrected chi connectivity index (χ4v) is 3.62. The summed E-state index contributed by atoms with van der Waals surface area (Å²) in [4.78, 5) is 25.7. The van der Waals surface area contributed by atoms with Crippen LogP contribution in [-0.2, 0) is 9.59 Å². The zero-order valence-corrected chi connectivity index (χ0v) is 11.4. The lowest BCUT2D eigenvalue weighted by Crippen LogP contribution is -2.47. The third-order valence-electron chi connectivity index (χ3n) is 4.80. The van der Waals surface area contributed by atoms with Crippen LogP contribution in [0.2, 0.25) is 0 Å². The second-order valence-corrected chi connectivity index (χ2v) is 6.16. The topological polar surface area (TPSA) is 61.4 Å². The molecule has 2 N–H and O–H groups in total. The highest BCUT2D eigenvalue weighted by molar-refractivity contribution is 5.80. The number of amides is 2. The fourth-order valence-electron chi connectivity index (χ4n) is 3.62. The molecule has 2 atom stereocenters. The van der Waals surface area contributed by atoms with E-state index in [9.17, 15) is 9.59 Å². The van der Waals surface area contributed by atoms with Gasteiger partial charge < -0.3 is 15.5 Å². The first-order valence-electron chi connectivity index (χ1n) is 7.50. The fraction of sp³-hybridized carbons (Fsp3) is 0.857. The van der Waals surface area contributed by atoms with Crippen LogP contribution in [0.3, 0.4) is 0 Å². The summed E-state index contributed by atoms with van der Waals surface area (Å²) < 4.78 is 0. The summed E-state index contributed by atoms with van der Waals surface area (Å²) in [6.07, 6.45) is 4.45. The first kappa shape index (κ1) is 12.9. The van der Waals surface area contributed by atoms with Gasteiger partial charge >= 0.3 is 0 Å². The smallest absolute Gasteiger partial charge is 0.222 e. The number of nitrogens with zero attached hydrogens (tertiary/aromatic N) is 1. The lowest BCUT2D eigenvalue weighted by atomic mass is 9.91. The van der Waals surface area contributed by atoms with Crippen LogP contribution in [0.5, 0.6) is 0 Å². The third-order valence-corrected chi connectivity index (χ3v) is 4.80. The molecule has 5 nitrogen and oxygen atoms in total. The molecule has 0 bridgehead atoms. The normalized spacial score (nSPS) is 32.0. The van der Waals surface area contributed by atoms with Crippen LogP contribution in [0.4, 0.5) is 0 Å². The Morgan fingerprint density at radius 1 is 1.26 bits per heavy atom. The van der Waals surface area contributed by atoms with Crippen molar-refractivity contribution in [2.24, 2.45) is 11.8 Å². The predicted octanol–water partition coefficient (Wildman–Crippen LogP) is 0.113. The van der Waals surface area contributed by atoms with Crippen LogP contribution in [0.1, 0.15) is 32.1 Å². The Labute approximate surface area is 114 Å². The molecule has 0 aromatic rings. The Bertz CT molecular complexity index is 366. The molecule has 2 unspecified atom stereocenters. The maximum absolute atomic E-state index is 12.3. The standard InChI is InChI=1S/C14H23N3O2/c18-13-8-11-9-17(6-3-12(11)16-13)14(19)7-10-1-4-15-5-2-10/h10-12,15H,1-9H2,(H,16,18). The number of likely N-dealkylation sites (tertiary alicyclic amines) is 1. The van der Waals surface area contributed by atoms with Gasteiger partial charge in [-0.3, -0.25) is 9.59 Å². The van der Waals surface area contributed by atoms with Gasteiger partial charge in [-0.25, -0.2) is 0 Å². The first-order valence-corrected chi connectivity index (χ1v) is 7.50. The van der Waals surface area contributed by atoms with Gasteiger partial charge in [0.05, 0.1) is 0 Å². The van der Waals surface area contributed by atoms with Crippen LogP contribution in [-0.4, -0.2) is 48.9 Å². The van der Waals surface area contributed by atoms with Gasteiger partial charge in [0, 0.05) is 37.9 Å². The van der Waals surface area contributed by atoms with Crippen molar-refractivity contribution < 1.29 is 9.59 Å². The predicted molar refractivity (Wildman–Crippen MR) is 71.4 cm³/mol. The van der Waals surface area contributed by atoms with Gasteiger partial charge in [0.2, 0.25) is 11.8 Å². The van der Waals surface area contributed by atoms with Crippen LogP contribution in [0.15, 0.2) is 0 Å². The number of carbonyl (C=O) groups is 2. The van der Waals surface area contributed by atoms with Crippen LogP contribution in [0, 0.1) is 11.8 Å². The molecule has 5 heteroatoms. The minimum atomic E-state index is 0.155. The van der Waals surface area contributed by atoms with Crippen molar-refractivity contribution in [1.82, 2.24) is 15.5 Å². The van der Waals surface area contributed by atoms with E-state index in [1.54, 1.807) is 0 Å². The van der Waals surface area contributed by atoms with Gasteiger partial charge in [-0.1, -0.05) is 0 Å². The summed E-state index contributed by atoms with van der Waals surface area (Å²) in [5.41, 5.74) is 0. The molecule has 2 amide bonds. The summed E-state index contributed by atoms with van der Waals surface area (Å²) in [6.45, 7) is 3.67. The Morgan fingerprint density at radius 2 is 2.05 bits per heavy atom. The molecule has 0 aliphatic carbocycles. The molecule has 3 heterocycles. The molecule has 3 rings (SSSR count). The minimum absolute atomic E-state index is 0.155. The Hall–Kier alpha value is -1.10. The Balaban J connectivity index is 1.51. The largest absolute Gasteiger partial charge is 0.353 e. The van der Waals surface area contributed by atoms with Gasteiger partial charge in [0.25, 0.3) is 0 Å². The average molecular weight is 265 g/mol. The van der Waals surface area contributed by atoms with Crippen molar-refractivity contribution >= 4 is 11.8 Å². The highest BCUT2D eigenvalue weighted by atomic mass is 16.2. The quantitative estimate of drug-likeness (QED) is 0.745. The molecular formula is C14H23N3O2. The van der Waals surface area contributed by atoms with E-state index in [-0.39, 0.29) is 5.91 Å². The molecule has 3 aliphatic rings. The SMILES string of the molecule is O=C1CC2CN(C(=O)CC3CCNCC3)CCC2N1. The van der Waals surface area contributed by atoms with Gasteiger partial charge in [-0.15, -0.1) is 0 Å². The van der Waals surface area contributed by atoms with Crippen molar-refractivity contribution in [1.29, 1.82) is 0 Å². The van der Waals surface area contributed by atoms with E-state index in [0.29, 0.717) is 36.6 Å². The average Bonchev–Trinajstić information content (AvgIpc) is 2.78. The number of rotatable bonds is 2. The lowest BCUT2D eigenvalue weighted by Gasteiger charge is -2.35. The van der Waals surface area contributed by atoms with Crippen molar-refractivity contribution in [3.63, 3.8) is 0 Å². The summed E-state index contributed by atoms with van der Waals surface area (Å²) in [5.74, 6) is 1.35. The second kappa shape index (κ2) is 5.49. The van der Waals surface area contributed by atoms with Gasteiger partial charge in [0.15, 0.2) is 0 Å². The maximum atomic E-state index is 12.3. The number of hydrogen-bond donors (Lipinski definition) is 2. The Kier molecular flexibility index (Phi) is 3.73. The molecule has 0 aromatic heterocycles. The van der Waals surface area contributed by atoms with E-state index in [2.05, 4.69) is 10.6 Å². The molecule has 0 radical (unpaired) electrons. The highest BCUT2D eigenvalue weighted by Crippen LogP contribution is 2.26. The summed E-state index contributed by atoms with van der Waals surface area (Å²) in [7, 11) is 0. The van der Waals surface area contributed by atoms with Crippen LogP contribution in [0.25, 0.3) is 0 Å². The number of piperidine rings is 2.